The summed E-state index contributed by atoms with van der Waals surface area (Å²) in [4.78, 5) is 27.7. The summed E-state index contributed by atoms with van der Waals surface area (Å²) in [7, 11) is 0. The molecule has 0 saturated carbocycles. The second-order valence-electron chi connectivity index (χ2n) is 2.84. The van der Waals surface area contributed by atoms with Crippen LogP contribution in [-0.2, 0) is 4.79 Å². The van der Waals surface area contributed by atoms with Crippen molar-refractivity contribution >= 4 is 23.5 Å². The molecule has 0 fully saturated rings. The molecule has 1 amide bonds. The van der Waals surface area contributed by atoms with Crippen molar-refractivity contribution in [2.45, 2.75) is 12.8 Å². The van der Waals surface area contributed by atoms with Crippen LogP contribution in [0.15, 0.2) is 6.20 Å². The van der Waals surface area contributed by atoms with Gasteiger partial charge in [0.2, 0.25) is 5.28 Å². The number of carboxylic acids is 1. The summed E-state index contributed by atoms with van der Waals surface area (Å²) < 4.78 is 0. The SMILES string of the molecule is O=C(O)CCCNC(=O)c1cnc(Cl)[nH]1. The normalized spacial score (nSPS) is 9.93. The number of nitrogens with zero attached hydrogens (tertiary/aromatic N) is 1. The molecular formula is C8H10ClN3O3. The van der Waals surface area contributed by atoms with E-state index in [0.717, 1.165) is 0 Å². The van der Waals surface area contributed by atoms with Gasteiger partial charge in [0.05, 0.1) is 6.20 Å². The molecule has 7 heteroatoms. The van der Waals surface area contributed by atoms with E-state index in [1.807, 2.05) is 0 Å². The number of hydrogen-bond donors (Lipinski definition) is 3. The lowest BCUT2D eigenvalue weighted by Crippen LogP contribution is -2.25. The molecular weight excluding hydrogens is 222 g/mol. The van der Waals surface area contributed by atoms with Crippen LogP contribution >= 0.6 is 11.6 Å². The summed E-state index contributed by atoms with van der Waals surface area (Å²) in [6.45, 7) is 0.307. The molecule has 0 saturated heterocycles. The third kappa shape index (κ3) is 3.99. The quantitative estimate of drug-likeness (QED) is 0.649. The van der Waals surface area contributed by atoms with Gasteiger partial charge in [-0.15, -0.1) is 0 Å². The van der Waals surface area contributed by atoms with Gasteiger partial charge in [-0.2, -0.15) is 0 Å². The average molecular weight is 232 g/mol. The molecule has 0 aromatic carbocycles. The van der Waals surface area contributed by atoms with Gasteiger partial charge in [-0.05, 0) is 18.0 Å². The maximum absolute atomic E-state index is 11.3. The number of H-pyrrole nitrogens is 1. The zero-order valence-corrected chi connectivity index (χ0v) is 8.54. The van der Waals surface area contributed by atoms with E-state index < -0.39 is 5.97 Å². The van der Waals surface area contributed by atoms with E-state index in [4.69, 9.17) is 16.7 Å². The summed E-state index contributed by atoms with van der Waals surface area (Å²) in [5, 5.41) is 11.0. The van der Waals surface area contributed by atoms with Crippen molar-refractivity contribution in [3.8, 4) is 0 Å². The smallest absolute Gasteiger partial charge is 0.303 e. The van der Waals surface area contributed by atoms with Gasteiger partial charge in [0.1, 0.15) is 5.69 Å². The van der Waals surface area contributed by atoms with Gasteiger partial charge < -0.3 is 15.4 Å². The molecule has 0 atom stereocenters. The third-order valence-corrected chi connectivity index (χ3v) is 1.83. The molecule has 6 nitrogen and oxygen atoms in total. The molecule has 0 unspecified atom stereocenters. The van der Waals surface area contributed by atoms with Crippen LogP contribution in [0.3, 0.4) is 0 Å². The van der Waals surface area contributed by atoms with E-state index in [1.165, 1.54) is 6.20 Å². The highest BCUT2D eigenvalue weighted by Gasteiger charge is 2.07. The predicted molar refractivity (Wildman–Crippen MR) is 52.8 cm³/mol. The third-order valence-electron chi connectivity index (χ3n) is 1.64. The summed E-state index contributed by atoms with van der Waals surface area (Å²) in [5.41, 5.74) is 0.260. The molecule has 0 radical (unpaired) electrons. The van der Waals surface area contributed by atoms with Crippen LogP contribution in [0.4, 0.5) is 0 Å². The molecule has 0 aliphatic carbocycles. The lowest BCUT2D eigenvalue weighted by Gasteiger charge is -2.00. The Bertz CT molecular complexity index is 364. The van der Waals surface area contributed by atoms with Crippen LogP contribution in [0.5, 0.6) is 0 Å². The number of aliphatic carboxylic acids is 1. The molecule has 82 valence electrons. The van der Waals surface area contributed by atoms with Crippen molar-refractivity contribution < 1.29 is 14.7 Å². The van der Waals surface area contributed by atoms with Crippen molar-refractivity contribution in [1.82, 2.24) is 15.3 Å². The van der Waals surface area contributed by atoms with E-state index in [2.05, 4.69) is 15.3 Å². The number of hydrogen-bond acceptors (Lipinski definition) is 3. The maximum atomic E-state index is 11.3. The van der Waals surface area contributed by atoms with E-state index in [-0.39, 0.29) is 23.3 Å². The van der Waals surface area contributed by atoms with Gasteiger partial charge >= 0.3 is 5.97 Å². The molecule has 0 spiro atoms. The molecule has 1 heterocycles. The fraction of sp³-hybridized carbons (Fsp3) is 0.375. The summed E-state index contributed by atoms with van der Waals surface area (Å²) in [6, 6.07) is 0. The fourth-order valence-electron chi connectivity index (χ4n) is 0.949. The molecule has 0 aliphatic rings. The summed E-state index contributed by atoms with van der Waals surface area (Å²) >= 11 is 5.48. The largest absolute Gasteiger partial charge is 0.481 e. The first-order valence-corrected chi connectivity index (χ1v) is 4.68. The Morgan fingerprint density at radius 1 is 1.60 bits per heavy atom. The molecule has 1 aromatic heterocycles. The molecule has 1 aromatic rings. The van der Waals surface area contributed by atoms with Gasteiger partial charge in [-0.1, -0.05) is 0 Å². The van der Waals surface area contributed by atoms with Crippen molar-refractivity contribution in [3.05, 3.63) is 17.2 Å². The Kier molecular flexibility index (Phi) is 4.11. The van der Waals surface area contributed by atoms with Crippen LogP contribution in [0.2, 0.25) is 5.28 Å². The van der Waals surface area contributed by atoms with E-state index in [1.54, 1.807) is 0 Å². The number of carbonyl (C=O) groups is 2. The van der Waals surface area contributed by atoms with Gasteiger partial charge in [0.25, 0.3) is 5.91 Å². The first-order chi connectivity index (χ1) is 7.09. The summed E-state index contributed by atoms with van der Waals surface area (Å²) in [6.07, 6.45) is 1.74. The minimum Gasteiger partial charge on any atom is -0.481 e. The number of aromatic nitrogens is 2. The number of halogens is 1. The standard InChI is InChI=1S/C8H10ClN3O3/c9-8-11-4-5(12-8)7(15)10-3-1-2-6(13)14/h4H,1-3H2,(H,10,15)(H,11,12)(H,13,14). The Morgan fingerprint density at radius 2 is 2.33 bits per heavy atom. The first kappa shape index (κ1) is 11.5. The van der Waals surface area contributed by atoms with Crippen LogP contribution in [0.25, 0.3) is 0 Å². The zero-order valence-electron chi connectivity index (χ0n) is 7.79. The van der Waals surface area contributed by atoms with E-state index >= 15 is 0 Å². The van der Waals surface area contributed by atoms with Crippen LogP contribution in [0.1, 0.15) is 23.3 Å². The molecule has 1 rings (SSSR count). The van der Waals surface area contributed by atoms with Crippen molar-refractivity contribution in [1.29, 1.82) is 0 Å². The number of nitrogens with one attached hydrogen (secondary N) is 2. The number of rotatable bonds is 5. The topological polar surface area (TPSA) is 95.1 Å². The highest BCUT2D eigenvalue weighted by molar-refractivity contribution is 6.28. The monoisotopic (exact) mass is 231 g/mol. The molecule has 3 N–H and O–H groups in total. The lowest BCUT2D eigenvalue weighted by molar-refractivity contribution is -0.137. The van der Waals surface area contributed by atoms with Gasteiger partial charge in [-0.3, -0.25) is 9.59 Å². The Morgan fingerprint density at radius 3 is 2.87 bits per heavy atom. The number of imidazole rings is 1. The minimum absolute atomic E-state index is 0.0318. The number of amides is 1. The van der Waals surface area contributed by atoms with Crippen molar-refractivity contribution in [2.24, 2.45) is 0 Å². The molecule has 0 bridgehead atoms. The van der Waals surface area contributed by atoms with Gasteiger partial charge in [0, 0.05) is 13.0 Å². The lowest BCUT2D eigenvalue weighted by atomic mass is 10.3. The fourth-order valence-corrected chi connectivity index (χ4v) is 1.10. The second-order valence-corrected chi connectivity index (χ2v) is 3.20. The van der Waals surface area contributed by atoms with Gasteiger partial charge in [0.15, 0.2) is 0 Å². The van der Waals surface area contributed by atoms with Crippen LogP contribution in [0, 0.1) is 0 Å². The second kappa shape index (κ2) is 5.35. The Hall–Kier alpha value is -1.56. The number of aromatic amines is 1. The number of carboxylic acid groups (broad SMARTS) is 1. The number of carbonyl (C=O) groups excluding carboxylic acids is 1. The highest BCUT2D eigenvalue weighted by atomic mass is 35.5. The van der Waals surface area contributed by atoms with E-state index in [9.17, 15) is 9.59 Å². The first-order valence-electron chi connectivity index (χ1n) is 4.30. The van der Waals surface area contributed by atoms with Crippen molar-refractivity contribution in [2.75, 3.05) is 6.54 Å². The van der Waals surface area contributed by atoms with Gasteiger partial charge in [-0.25, -0.2) is 4.98 Å². The predicted octanol–water partition coefficient (Wildman–Crippen LogP) is 0.658. The van der Waals surface area contributed by atoms with Crippen molar-refractivity contribution in [3.63, 3.8) is 0 Å². The van der Waals surface area contributed by atoms with Crippen LogP contribution in [-0.4, -0.2) is 33.5 Å². The summed E-state index contributed by atoms with van der Waals surface area (Å²) in [5.74, 6) is -1.23. The zero-order chi connectivity index (χ0) is 11.3. The van der Waals surface area contributed by atoms with E-state index in [0.29, 0.717) is 13.0 Å². The Balaban J connectivity index is 2.28. The minimum atomic E-state index is -0.881. The molecule has 15 heavy (non-hydrogen) atoms. The maximum Gasteiger partial charge on any atom is 0.303 e. The highest BCUT2D eigenvalue weighted by Crippen LogP contribution is 2.02. The Labute approximate surface area is 90.7 Å². The van der Waals surface area contributed by atoms with Crippen LogP contribution < -0.4 is 5.32 Å². The average Bonchev–Trinajstić information content (AvgIpc) is 2.59. The molecule has 0 aliphatic heterocycles.